The predicted octanol–water partition coefficient (Wildman–Crippen LogP) is 0.717. The van der Waals surface area contributed by atoms with Crippen molar-refractivity contribution >= 4 is 24.0 Å². The van der Waals surface area contributed by atoms with Gasteiger partial charge in [0.25, 0.3) is 0 Å². The minimum Gasteiger partial charge on any atom is -0.353 e. The second-order valence-electron chi connectivity index (χ2n) is 5.11. The van der Waals surface area contributed by atoms with Gasteiger partial charge >= 0.3 is 5.69 Å². The number of nitrogens with zero attached hydrogens (tertiary/aromatic N) is 3. The normalized spacial score (nSPS) is 21.4. The Labute approximate surface area is 128 Å². The van der Waals surface area contributed by atoms with Crippen LogP contribution in [0.4, 0.5) is 5.69 Å². The Morgan fingerprint density at radius 3 is 3.05 bits per heavy atom. The third-order valence-electron chi connectivity index (χ3n) is 3.53. The minimum absolute atomic E-state index is 0. The van der Waals surface area contributed by atoms with E-state index in [4.69, 9.17) is 0 Å². The van der Waals surface area contributed by atoms with Crippen LogP contribution in [0.25, 0.3) is 0 Å². The molecule has 2 atom stereocenters. The fourth-order valence-electron chi connectivity index (χ4n) is 2.29. The molecule has 1 saturated heterocycles. The molecule has 1 amide bonds. The number of nitro groups is 1. The number of carbonyl (C=O) groups excluding carboxylic acids is 1. The molecular weight excluding hydrogens is 298 g/mol. The van der Waals surface area contributed by atoms with Gasteiger partial charge in [0.2, 0.25) is 5.91 Å². The standard InChI is InChI=1S/C12H19N5O3.ClH/c1-9-6-13-4-2-11(9)15-12(18)3-5-16-8-10(7-14-16)17(19)20;/h7-9,11,13H,2-6H2,1H3,(H,15,18);1H. The van der Waals surface area contributed by atoms with E-state index in [2.05, 4.69) is 22.7 Å². The molecule has 9 heteroatoms. The second-order valence-corrected chi connectivity index (χ2v) is 5.11. The van der Waals surface area contributed by atoms with Gasteiger partial charge in [-0.25, -0.2) is 0 Å². The van der Waals surface area contributed by atoms with Crippen molar-refractivity contribution in [1.29, 1.82) is 0 Å². The highest BCUT2D eigenvalue weighted by Crippen LogP contribution is 2.11. The molecule has 2 rings (SSSR count). The second kappa shape index (κ2) is 7.94. The first-order chi connectivity index (χ1) is 9.56. The molecule has 0 aliphatic carbocycles. The quantitative estimate of drug-likeness (QED) is 0.615. The first-order valence-corrected chi connectivity index (χ1v) is 6.73. The first-order valence-electron chi connectivity index (χ1n) is 6.73. The van der Waals surface area contributed by atoms with Gasteiger partial charge in [0.15, 0.2) is 0 Å². The van der Waals surface area contributed by atoms with Crippen LogP contribution in [0.2, 0.25) is 0 Å². The highest BCUT2D eigenvalue weighted by Gasteiger charge is 2.22. The molecule has 2 heterocycles. The summed E-state index contributed by atoms with van der Waals surface area (Å²) >= 11 is 0. The van der Waals surface area contributed by atoms with Gasteiger partial charge in [0, 0.05) is 19.0 Å². The van der Waals surface area contributed by atoms with Crippen molar-refractivity contribution in [2.75, 3.05) is 13.1 Å². The zero-order valence-electron chi connectivity index (χ0n) is 11.8. The van der Waals surface area contributed by atoms with Gasteiger partial charge in [-0.3, -0.25) is 19.6 Å². The van der Waals surface area contributed by atoms with Gasteiger partial charge in [0.05, 0.1) is 4.92 Å². The molecule has 1 aromatic heterocycles. The van der Waals surface area contributed by atoms with Crippen molar-refractivity contribution < 1.29 is 9.72 Å². The highest BCUT2D eigenvalue weighted by atomic mass is 35.5. The molecule has 0 saturated carbocycles. The van der Waals surface area contributed by atoms with Crippen LogP contribution in [0, 0.1) is 16.0 Å². The van der Waals surface area contributed by atoms with Crippen LogP contribution >= 0.6 is 12.4 Å². The molecule has 2 unspecified atom stereocenters. The summed E-state index contributed by atoms with van der Waals surface area (Å²) in [5, 5.41) is 20.7. The van der Waals surface area contributed by atoms with E-state index in [1.54, 1.807) is 0 Å². The van der Waals surface area contributed by atoms with Crippen LogP contribution in [0.1, 0.15) is 19.8 Å². The number of nitrogens with one attached hydrogen (secondary N) is 2. The molecule has 8 nitrogen and oxygen atoms in total. The van der Waals surface area contributed by atoms with E-state index in [9.17, 15) is 14.9 Å². The Hall–Kier alpha value is -1.67. The summed E-state index contributed by atoms with van der Waals surface area (Å²) in [6, 6.07) is 0.204. The first kappa shape index (κ1) is 17.4. The van der Waals surface area contributed by atoms with Crippen LogP contribution in [0.5, 0.6) is 0 Å². The Balaban J connectivity index is 0.00000220. The predicted molar refractivity (Wildman–Crippen MR) is 79.3 cm³/mol. The van der Waals surface area contributed by atoms with Crippen LogP contribution in [-0.2, 0) is 11.3 Å². The number of piperidine rings is 1. The number of hydrogen-bond acceptors (Lipinski definition) is 5. The lowest BCUT2D eigenvalue weighted by Gasteiger charge is -2.30. The monoisotopic (exact) mass is 317 g/mol. The van der Waals surface area contributed by atoms with Crippen molar-refractivity contribution in [3.8, 4) is 0 Å². The molecule has 0 bridgehead atoms. The largest absolute Gasteiger partial charge is 0.353 e. The summed E-state index contributed by atoms with van der Waals surface area (Å²) in [5.41, 5.74) is -0.0580. The van der Waals surface area contributed by atoms with Crippen LogP contribution < -0.4 is 10.6 Å². The minimum atomic E-state index is -0.500. The van der Waals surface area contributed by atoms with Gasteiger partial charge in [0.1, 0.15) is 12.4 Å². The van der Waals surface area contributed by atoms with E-state index in [-0.39, 0.29) is 36.5 Å². The smallest absolute Gasteiger partial charge is 0.306 e. The zero-order valence-corrected chi connectivity index (χ0v) is 12.6. The third kappa shape index (κ3) is 4.98. The lowest BCUT2D eigenvalue weighted by molar-refractivity contribution is -0.385. The van der Waals surface area contributed by atoms with E-state index in [1.807, 2.05) is 0 Å². The number of carbonyl (C=O) groups is 1. The van der Waals surface area contributed by atoms with Crippen molar-refractivity contribution in [3.05, 3.63) is 22.5 Å². The van der Waals surface area contributed by atoms with Gasteiger partial charge in [-0.1, -0.05) is 6.92 Å². The molecular formula is C12H20ClN5O3. The maximum absolute atomic E-state index is 11.9. The number of halogens is 1. The van der Waals surface area contributed by atoms with Gasteiger partial charge in [-0.2, -0.15) is 5.10 Å². The molecule has 21 heavy (non-hydrogen) atoms. The third-order valence-corrected chi connectivity index (χ3v) is 3.53. The average Bonchev–Trinajstić information content (AvgIpc) is 2.88. The van der Waals surface area contributed by atoms with Crippen molar-refractivity contribution in [1.82, 2.24) is 20.4 Å². The summed E-state index contributed by atoms with van der Waals surface area (Å²) < 4.78 is 1.42. The van der Waals surface area contributed by atoms with E-state index < -0.39 is 4.92 Å². The Morgan fingerprint density at radius 2 is 2.43 bits per heavy atom. The van der Waals surface area contributed by atoms with Gasteiger partial charge in [-0.15, -0.1) is 12.4 Å². The number of aromatic nitrogens is 2. The van der Waals surface area contributed by atoms with Crippen molar-refractivity contribution in [2.45, 2.75) is 32.4 Å². The molecule has 0 radical (unpaired) electrons. The summed E-state index contributed by atoms with van der Waals surface area (Å²) in [6.45, 7) is 4.28. The highest BCUT2D eigenvalue weighted by molar-refractivity contribution is 5.85. The van der Waals surface area contributed by atoms with Crippen LogP contribution in [0.3, 0.4) is 0 Å². The van der Waals surface area contributed by atoms with Crippen molar-refractivity contribution in [2.24, 2.45) is 5.92 Å². The summed E-state index contributed by atoms with van der Waals surface area (Å²) in [6.07, 6.45) is 3.73. The van der Waals surface area contributed by atoms with E-state index in [0.29, 0.717) is 12.5 Å². The van der Waals surface area contributed by atoms with Crippen LogP contribution in [0.15, 0.2) is 12.4 Å². The summed E-state index contributed by atoms with van der Waals surface area (Å²) in [4.78, 5) is 21.9. The maximum atomic E-state index is 11.9. The van der Waals surface area contributed by atoms with E-state index in [1.165, 1.54) is 17.1 Å². The van der Waals surface area contributed by atoms with Gasteiger partial charge in [-0.05, 0) is 25.4 Å². The molecule has 2 N–H and O–H groups in total. The number of amides is 1. The van der Waals surface area contributed by atoms with E-state index in [0.717, 1.165) is 19.5 Å². The molecule has 1 aromatic rings. The van der Waals surface area contributed by atoms with E-state index >= 15 is 0 Å². The Kier molecular flexibility index (Phi) is 6.57. The fraction of sp³-hybridized carbons (Fsp3) is 0.667. The van der Waals surface area contributed by atoms with Crippen LogP contribution in [-0.4, -0.2) is 39.7 Å². The lowest BCUT2D eigenvalue weighted by atomic mass is 9.95. The number of rotatable bonds is 5. The summed E-state index contributed by atoms with van der Waals surface area (Å²) in [5.74, 6) is 0.375. The fourth-order valence-corrected chi connectivity index (χ4v) is 2.29. The zero-order chi connectivity index (χ0) is 14.5. The molecule has 1 aliphatic heterocycles. The molecule has 0 spiro atoms. The molecule has 1 fully saturated rings. The number of aryl methyl sites for hydroxylation is 1. The molecule has 118 valence electrons. The maximum Gasteiger partial charge on any atom is 0.306 e. The topological polar surface area (TPSA) is 102 Å². The number of hydrogen-bond donors (Lipinski definition) is 2. The van der Waals surface area contributed by atoms with Gasteiger partial charge < -0.3 is 10.6 Å². The molecule has 1 aliphatic rings. The SMILES string of the molecule is CC1CNCCC1NC(=O)CCn1cc([N+](=O)[O-])cn1.Cl. The van der Waals surface area contributed by atoms with Crippen molar-refractivity contribution in [3.63, 3.8) is 0 Å². The Morgan fingerprint density at radius 1 is 1.67 bits per heavy atom. The lowest BCUT2D eigenvalue weighted by Crippen LogP contribution is -2.48. The Bertz CT molecular complexity index is 493. The molecule has 0 aromatic carbocycles. The average molecular weight is 318 g/mol. The summed E-state index contributed by atoms with van der Waals surface area (Å²) in [7, 11) is 0.